The Morgan fingerprint density at radius 3 is 2.47 bits per heavy atom. The molecule has 0 atom stereocenters. The van der Waals surface area contributed by atoms with Crippen LogP contribution in [0.25, 0.3) is 0 Å². The van der Waals surface area contributed by atoms with Gasteiger partial charge in [0.25, 0.3) is 0 Å². The minimum absolute atomic E-state index is 0.957. The second kappa shape index (κ2) is 7.24. The van der Waals surface area contributed by atoms with Crippen molar-refractivity contribution in [1.82, 2.24) is 9.80 Å². The van der Waals surface area contributed by atoms with Crippen molar-refractivity contribution in [2.75, 3.05) is 39.8 Å². The van der Waals surface area contributed by atoms with E-state index in [9.17, 15) is 0 Å². The number of rotatable bonds is 6. The molecule has 0 aromatic carbocycles. The molecule has 0 spiro atoms. The number of hydrogen-bond acceptors (Lipinski definition) is 2. The molecule has 90 valence electrons. The first kappa shape index (κ1) is 13.0. The molecule has 0 aliphatic carbocycles. The fraction of sp³-hybridized carbons (Fsp3) is 1.00. The molecule has 1 saturated heterocycles. The van der Waals surface area contributed by atoms with E-state index in [1.807, 2.05) is 0 Å². The van der Waals surface area contributed by atoms with E-state index in [-0.39, 0.29) is 0 Å². The Bertz CT molecular complexity index is 151. The van der Waals surface area contributed by atoms with Crippen LogP contribution in [0.5, 0.6) is 0 Å². The molecule has 1 heterocycles. The highest BCUT2D eigenvalue weighted by Gasteiger charge is 2.15. The van der Waals surface area contributed by atoms with Crippen LogP contribution in [0.4, 0.5) is 0 Å². The highest BCUT2D eigenvalue weighted by Crippen LogP contribution is 2.15. The highest BCUT2D eigenvalue weighted by molar-refractivity contribution is 4.70. The summed E-state index contributed by atoms with van der Waals surface area (Å²) in [6, 6.07) is 0. The fourth-order valence-corrected chi connectivity index (χ4v) is 2.14. The first-order valence-corrected chi connectivity index (χ1v) is 6.63. The lowest BCUT2D eigenvalue weighted by Crippen LogP contribution is -2.38. The van der Waals surface area contributed by atoms with Crippen molar-refractivity contribution in [3.63, 3.8) is 0 Å². The Balaban J connectivity index is 2.04. The van der Waals surface area contributed by atoms with E-state index in [1.165, 1.54) is 58.4 Å². The molecule has 1 aliphatic rings. The van der Waals surface area contributed by atoms with Gasteiger partial charge < -0.3 is 9.80 Å². The van der Waals surface area contributed by atoms with Gasteiger partial charge >= 0.3 is 0 Å². The standard InChI is InChI=1S/C13H28N2/c1-4-5-8-14(3)11-12-15-9-6-13(2)7-10-15/h13H,4-12H2,1-3H3. The van der Waals surface area contributed by atoms with Gasteiger partial charge in [0.15, 0.2) is 0 Å². The molecular weight excluding hydrogens is 184 g/mol. The van der Waals surface area contributed by atoms with Crippen LogP contribution in [-0.2, 0) is 0 Å². The molecule has 0 aromatic rings. The summed E-state index contributed by atoms with van der Waals surface area (Å²) in [4.78, 5) is 5.10. The molecule has 15 heavy (non-hydrogen) atoms. The van der Waals surface area contributed by atoms with Crippen LogP contribution in [0, 0.1) is 5.92 Å². The van der Waals surface area contributed by atoms with Crippen LogP contribution >= 0.6 is 0 Å². The monoisotopic (exact) mass is 212 g/mol. The van der Waals surface area contributed by atoms with E-state index in [1.54, 1.807) is 0 Å². The van der Waals surface area contributed by atoms with Crippen LogP contribution in [0.1, 0.15) is 39.5 Å². The largest absolute Gasteiger partial charge is 0.305 e. The number of nitrogens with zero attached hydrogens (tertiary/aromatic N) is 2. The summed E-state index contributed by atoms with van der Waals surface area (Å²) in [7, 11) is 2.25. The minimum Gasteiger partial charge on any atom is -0.305 e. The first-order chi connectivity index (χ1) is 7.22. The van der Waals surface area contributed by atoms with Gasteiger partial charge in [0.05, 0.1) is 0 Å². The summed E-state index contributed by atoms with van der Waals surface area (Å²) < 4.78 is 0. The van der Waals surface area contributed by atoms with Crippen molar-refractivity contribution < 1.29 is 0 Å². The Kier molecular flexibility index (Phi) is 6.26. The maximum absolute atomic E-state index is 2.63. The molecule has 0 N–H and O–H groups in total. The van der Waals surface area contributed by atoms with Gasteiger partial charge in [-0.15, -0.1) is 0 Å². The quantitative estimate of drug-likeness (QED) is 0.667. The fourth-order valence-electron chi connectivity index (χ4n) is 2.14. The van der Waals surface area contributed by atoms with E-state index >= 15 is 0 Å². The zero-order chi connectivity index (χ0) is 11.1. The summed E-state index contributed by atoms with van der Waals surface area (Å²) in [6.45, 7) is 11.1. The molecule has 1 fully saturated rings. The molecule has 0 bridgehead atoms. The average molecular weight is 212 g/mol. The SMILES string of the molecule is CCCCN(C)CCN1CCC(C)CC1. The van der Waals surface area contributed by atoms with E-state index in [0.29, 0.717) is 0 Å². The van der Waals surface area contributed by atoms with Crippen LogP contribution in [0.15, 0.2) is 0 Å². The Hall–Kier alpha value is -0.0800. The third-order valence-corrected chi connectivity index (χ3v) is 3.57. The number of unbranched alkanes of at least 4 members (excludes halogenated alkanes) is 1. The summed E-state index contributed by atoms with van der Waals surface area (Å²) >= 11 is 0. The van der Waals surface area contributed by atoms with Crippen molar-refractivity contribution in [3.8, 4) is 0 Å². The molecule has 2 heteroatoms. The molecule has 0 aromatic heterocycles. The lowest BCUT2D eigenvalue weighted by Gasteiger charge is -2.31. The van der Waals surface area contributed by atoms with Gasteiger partial charge in [0.2, 0.25) is 0 Å². The number of likely N-dealkylation sites (tertiary alicyclic amines) is 1. The molecule has 0 unspecified atom stereocenters. The van der Waals surface area contributed by atoms with Gasteiger partial charge in [-0.2, -0.15) is 0 Å². The van der Waals surface area contributed by atoms with Crippen molar-refractivity contribution in [3.05, 3.63) is 0 Å². The predicted molar refractivity (Wildman–Crippen MR) is 67.2 cm³/mol. The number of hydrogen-bond donors (Lipinski definition) is 0. The number of piperidine rings is 1. The van der Waals surface area contributed by atoms with Gasteiger partial charge in [0, 0.05) is 13.1 Å². The lowest BCUT2D eigenvalue weighted by molar-refractivity contribution is 0.170. The van der Waals surface area contributed by atoms with Crippen molar-refractivity contribution in [1.29, 1.82) is 0 Å². The van der Waals surface area contributed by atoms with E-state index < -0.39 is 0 Å². The molecular formula is C13H28N2. The molecule has 0 radical (unpaired) electrons. The second-order valence-corrected chi connectivity index (χ2v) is 5.18. The Labute approximate surface area is 95.6 Å². The van der Waals surface area contributed by atoms with Crippen LogP contribution in [0.2, 0.25) is 0 Å². The minimum atomic E-state index is 0.957. The predicted octanol–water partition coefficient (Wildman–Crippen LogP) is 2.45. The third kappa shape index (κ3) is 5.53. The first-order valence-electron chi connectivity index (χ1n) is 6.63. The van der Waals surface area contributed by atoms with Crippen LogP contribution in [-0.4, -0.2) is 49.6 Å². The summed E-state index contributed by atoms with van der Waals surface area (Å²) in [5.74, 6) is 0.957. The highest BCUT2D eigenvalue weighted by atomic mass is 15.2. The van der Waals surface area contributed by atoms with Gasteiger partial charge in [0.1, 0.15) is 0 Å². The maximum Gasteiger partial charge on any atom is 0.0109 e. The summed E-state index contributed by atoms with van der Waals surface area (Å²) in [5.41, 5.74) is 0. The topological polar surface area (TPSA) is 6.48 Å². The van der Waals surface area contributed by atoms with Crippen molar-refractivity contribution in [2.45, 2.75) is 39.5 Å². The maximum atomic E-state index is 2.63. The Morgan fingerprint density at radius 1 is 1.20 bits per heavy atom. The van der Waals surface area contributed by atoms with Crippen LogP contribution < -0.4 is 0 Å². The van der Waals surface area contributed by atoms with Gasteiger partial charge in [-0.25, -0.2) is 0 Å². The van der Waals surface area contributed by atoms with E-state index in [0.717, 1.165) is 5.92 Å². The van der Waals surface area contributed by atoms with E-state index in [2.05, 4.69) is 30.7 Å². The summed E-state index contributed by atoms with van der Waals surface area (Å²) in [5, 5.41) is 0. The molecule has 1 rings (SSSR count). The van der Waals surface area contributed by atoms with Gasteiger partial charge in [-0.3, -0.25) is 0 Å². The van der Waals surface area contributed by atoms with Crippen molar-refractivity contribution in [2.24, 2.45) is 5.92 Å². The lowest BCUT2D eigenvalue weighted by atomic mass is 9.99. The Morgan fingerprint density at radius 2 is 1.87 bits per heavy atom. The van der Waals surface area contributed by atoms with Crippen LogP contribution in [0.3, 0.4) is 0 Å². The average Bonchev–Trinajstić information content (AvgIpc) is 2.25. The molecule has 0 amide bonds. The molecule has 1 aliphatic heterocycles. The normalized spacial score (nSPS) is 20.0. The van der Waals surface area contributed by atoms with Crippen molar-refractivity contribution >= 4 is 0 Å². The second-order valence-electron chi connectivity index (χ2n) is 5.18. The third-order valence-electron chi connectivity index (χ3n) is 3.57. The smallest absolute Gasteiger partial charge is 0.0109 e. The molecule has 2 nitrogen and oxygen atoms in total. The van der Waals surface area contributed by atoms with Gasteiger partial charge in [-0.1, -0.05) is 20.3 Å². The zero-order valence-corrected chi connectivity index (χ0v) is 10.8. The zero-order valence-electron chi connectivity index (χ0n) is 10.8. The summed E-state index contributed by atoms with van der Waals surface area (Å²) in [6.07, 6.45) is 5.45. The molecule has 0 saturated carbocycles. The van der Waals surface area contributed by atoms with E-state index in [4.69, 9.17) is 0 Å². The number of likely N-dealkylation sites (N-methyl/N-ethyl adjacent to an activating group) is 1. The van der Waals surface area contributed by atoms with Gasteiger partial charge in [-0.05, 0) is 51.9 Å².